The molecule has 53 heavy (non-hydrogen) atoms. The van der Waals surface area contributed by atoms with Crippen LogP contribution in [0.15, 0.2) is 67.1 Å². The maximum absolute atomic E-state index is 15.3. The molecule has 2 aliphatic rings. The normalized spacial score (nSPS) is 18.2. The molecule has 1 unspecified atom stereocenters. The predicted octanol–water partition coefficient (Wildman–Crippen LogP) is 7.23. The van der Waals surface area contributed by atoms with Crippen molar-refractivity contribution in [1.29, 1.82) is 5.26 Å². The van der Waals surface area contributed by atoms with E-state index in [1.807, 2.05) is 6.07 Å². The summed E-state index contributed by atoms with van der Waals surface area (Å²) in [6, 6.07) is 14.7. The molecule has 15 heteroatoms. The highest BCUT2D eigenvalue weighted by atomic mass is 35.5. The summed E-state index contributed by atoms with van der Waals surface area (Å²) in [6.07, 6.45) is 2.51. The van der Waals surface area contributed by atoms with Crippen molar-refractivity contribution in [3.63, 3.8) is 0 Å². The lowest BCUT2D eigenvalue weighted by Crippen LogP contribution is -2.53. The molecule has 1 saturated heterocycles. The zero-order valence-corrected chi connectivity index (χ0v) is 31.7. The Hall–Kier alpha value is -4.71. The summed E-state index contributed by atoms with van der Waals surface area (Å²) in [5.41, 5.74) is 1.91. The Bertz CT molecular complexity index is 2040. The van der Waals surface area contributed by atoms with E-state index in [0.29, 0.717) is 28.9 Å². The van der Waals surface area contributed by atoms with Gasteiger partial charge in [0, 0.05) is 56.8 Å². The molecule has 0 radical (unpaired) electrons. The van der Waals surface area contributed by atoms with Crippen LogP contribution >= 0.6 is 11.6 Å². The zero-order chi connectivity index (χ0) is 37.9. The number of amides is 3. The van der Waals surface area contributed by atoms with E-state index in [9.17, 15) is 23.6 Å². The van der Waals surface area contributed by atoms with Crippen LogP contribution in [0.3, 0.4) is 0 Å². The highest BCUT2D eigenvalue weighted by molar-refractivity contribution is 6.76. The number of anilines is 2. The summed E-state index contributed by atoms with van der Waals surface area (Å²) in [5, 5.41) is 12.8. The summed E-state index contributed by atoms with van der Waals surface area (Å²) >= 11 is 6.81. The first-order chi connectivity index (χ1) is 25.3. The topological polar surface area (TPSA) is 133 Å². The van der Waals surface area contributed by atoms with Gasteiger partial charge in [0.25, 0.3) is 5.91 Å². The minimum Gasteiger partial charge on any atom is -0.361 e. The second kappa shape index (κ2) is 15.7. The lowest BCUT2D eigenvalue weighted by Gasteiger charge is -2.37. The second-order valence-electron chi connectivity index (χ2n) is 14.8. The number of imidazole rings is 1. The maximum Gasteiger partial charge on any atom is 0.251 e. The number of nitriles is 1. The molecule has 2 aromatic heterocycles. The molecule has 4 aromatic rings. The van der Waals surface area contributed by atoms with E-state index < -0.39 is 43.9 Å². The summed E-state index contributed by atoms with van der Waals surface area (Å²) < 4.78 is 36.2. The maximum atomic E-state index is 15.3. The average Bonchev–Trinajstić information content (AvgIpc) is 3.73. The molecule has 3 heterocycles. The number of carbonyl (C=O) groups is 3. The molecular weight excluding hydrogens is 720 g/mol. The third-order valence-electron chi connectivity index (χ3n) is 9.73. The van der Waals surface area contributed by atoms with Gasteiger partial charge < -0.3 is 14.6 Å². The fourth-order valence-electron chi connectivity index (χ4n) is 6.87. The van der Waals surface area contributed by atoms with Gasteiger partial charge in [0.15, 0.2) is 0 Å². The second-order valence-corrected chi connectivity index (χ2v) is 20.8. The predicted molar refractivity (Wildman–Crippen MR) is 200 cm³/mol. The molecule has 2 fully saturated rings. The molecule has 0 spiro atoms. The summed E-state index contributed by atoms with van der Waals surface area (Å²) in [7, 11) is -1.39. The largest absolute Gasteiger partial charge is 0.361 e. The third kappa shape index (κ3) is 8.58. The molecule has 1 N–H and O–H groups in total. The van der Waals surface area contributed by atoms with Crippen LogP contribution in [0.25, 0.3) is 11.0 Å². The quantitative estimate of drug-likeness (QED) is 0.119. The number of rotatable bonds is 12. The molecule has 2 aromatic carbocycles. The van der Waals surface area contributed by atoms with Crippen molar-refractivity contribution >= 4 is 59.9 Å². The van der Waals surface area contributed by atoms with E-state index in [2.05, 4.69) is 34.9 Å². The number of ether oxygens (including phenoxy) is 1. The number of nitrogens with zero attached hydrogens (tertiary/aromatic N) is 6. The van der Waals surface area contributed by atoms with Crippen LogP contribution in [0.4, 0.5) is 20.3 Å². The van der Waals surface area contributed by atoms with Crippen LogP contribution in [0, 0.1) is 11.3 Å². The number of para-hydroxylation sites is 1. The number of aromatic nitrogens is 3. The highest BCUT2D eigenvalue weighted by Crippen LogP contribution is 2.40. The first kappa shape index (κ1) is 38.0. The minimum absolute atomic E-state index is 0.0228. The van der Waals surface area contributed by atoms with Gasteiger partial charge in [0.05, 0.1) is 34.7 Å². The molecular formula is C38H42ClF2N7O4Si. The summed E-state index contributed by atoms with van der Waals surface area (Å²) in [5.74, 6) is -4.27. The van der Waals surface area contributed by atoms with Crippen LogP contribution < -0.4 is 15.1 Å². The standard InChI is InChI=1S/C38H42ClF2N7O4Si/c1-53(2,3)20-19-52-24-46-23-44-29-9-6-10-30(35(29)46)48(37(51)31-11-12-33(49)47(31)32-21-25(22-42)15-18-43-32)34(27-7-4-5-8-28(27)39)36(50)45-26-13-16-38(40,41)17-14-26/h4-10,15,18,21,23,26,31,34H,11-14,16-17,19-20,24H2,1-3H3,(H,45,50)/t31-,34?/m0/s1. The first-order valence-electron chi connectivity index (χ1n) is 17.7. The number of carbonyl (C=O) groups excluding carboxylic acids is 3. The first-order valence-corrected chi connectivity index (χ1v) is 21.8. The van der Waals surface area contributed by atoms with Gasteiger partial charge in [-0.15, -0.1) is 0 Å². The Labute approximate surface area is 312 Å². The Morgan fingerprint density at radius 3 is 2.58 bits per heavy atom. The van der Waals surface area contributed by atoms with E-state index in [0.717, 1.165) is 6.04 Å². The molecule has 11 nitrogen and oxygen atoms in total. The lowest BCUT2D eigenvalue weighted by atomic mass is 9.91. The number of nitrogens with one attached hydrogen (secondary N) is 1. The smallest absolute Gasteiger partial charge is 0.251 e. The number of alkyl halides is 2. The van der Waals surface area contributed by atoms with Crippen LogP contribution in [0.1, 0.15) is 55.7 Å². The van der Waals surface area contributed by atoms with Crippen LogP contribution in [0.2, 0.25) is 30.7 Å². The number of hydrogen-bond donors (Lipinski definition) is 1. The van der Waals surface area contributed by atoms with Gasteiger partial charge in [-0.25, -0.2) is 18.7 Å². The summed E-state index contributed by atoms with van der Waals surface area (Å²) in [4.78, 5) is 55.1. The van der Waals surface area contributed by atoms with E-state index in [1.54, 1.807) is 53.4 Å². The van der Waals surface area contributed by atoms with Crippen LogP contribution in [0.5, 0.6) is 0 Å². The van der Waals surface area contributed by atoms with E-state index in [-0.39, 0.29) is 67.6 Å². The van der Waals surface area contributed by atoms with Gasteiger partial charge in [-0.3, -0.25) is 24.2 Å². The Morgan fingerprint density at radius 1 is 1.11 bits per heavy atom. The lowest BCUT2D eigenvalue weighted by molar-refractivity contribution is -0.128. The highest BCUT2D eigenvalue weighted by Gasteiger charge is 2.46. The number of pyridine rings is 1. The van der Waals surface area contributed by atoms with E-state index >= 15 is 4.79 Å². The van der Waals surface area contributed by atoms with Gasteiger partial charge in [0.2, 0.25) is 17.7 Å². The van der Waals surface area contributed by atoms with Crippen molar-refractivity contribution in [2.45, 2.75) is 95.0 Å². The fourth-order valence-corrected chi connectivity index (χ4v) is 7.87. The van der Waals surface area contributed by atoms with Gasteiger partial charge in [0.1, 0.15) is 24.6 Å². The number of halogens is 3. The van der Waals surface area contributed by atoms with Crippen LogP contribution in [-0.4, -0.2) is 64.9 Å². The number of hydrogen-bond acceptors (Lipinski definition) is 7. The minimum atomic E-state index is -2.81. The number of benzene rings is 2. The monoisotopic (exact) mass is 761 g/mol. The molecule has 3 amide bonds. The molecule has 1 aliphatic carbocycles. The van der Waals surface area contributed by atoms with Crippen molar-refractivity contribution in [2.24, 2.45) is 0 Å². The molecule has 2 atom stereocenters. The Morgan fingerprint density at radius 2 is 1.87 bits per heavy atom. The van der Waals surface area contributed by atoms with Crippen molar-refractivity contribution in [3.05, 3.63) is 83.3 Å². The van der Waals surface area contributed by atoms with Crippen molar-refractivity contribution in [3.8, 4) is 6.07 Å². The number of fused-ring (bicyclic) bond motifs is 1. The van der Waals surface area contributed by atoms with Crippen molar-refractivity contribution < 1.29 is 27.9 Å². The van der Waals surface area contributed by atoms with Gasteiger partial charge in [-0.2, -0.15) is 5.26 Å². The SMILES string of the molecule is C[Si](C)(C)CCOCn1cnc2cccc(N(C(=O)[C@@H]3CCC(=O)N3c3cc(C#N)ccn3)C(C(=O)NC3CCC(F)(F)CC3)c3ccccc3Cl)c21. The fraction of sp³-hybridized carbons (Fsp3) is 0.421. The third-order valence-corrected chi connectivity index (χ3v) is 11.8. The van der Waals surface area contributed by atoms with Gasteiger partial charge in [-0.05, 0) is 55.6 Å². The Kier molecular flexibility index (Phi) is 11.3. The Balaban J connectivity index is 1.49. The van der Waals surface area contributed by atoms with Crippen molar-refractivity contribution in [1.82, 2.24) is 19.9 Å². The van der Waals surface area contributed by atoms with E-state index in [1.165, 1.54) is 28.1 Å². The average molecular weight is 762 g/mol. The molecule has 6 rings (SSSR count). The summed E-state index contributed by atoms with van der Waals surface area (Å²) in [6.45, 7) is 7.42. The van der Waals surface area contributed by atoms with E-state index in [4.69, 9.17) is 16.3 Å². The zero-order valence-electron chi connectivity index (χ0n) is 29.9. The molecule has 1 saturated carbocycles. The van der Waals surface area contributed by atoms with Crippen molar-refractivity contribution in [2.75, 3.05) is 16.4 Å². The molecule has 0 bridgehead atoms. The van der Waals surface area contributed by atoms with Gasteiger partial charge >= 0.3 is 0 Å². The van der Waals surface area contributed by atoms with Crippen LogP contribution in [-0.2, 0) is 25.9 Å². The van der Waals surface area contributed by atoms with Gasteiger partial charge in [-0.1, -0.05) is 55.5 Å². The molecule has 278 valence electrons. The molecule has 1 aliphatic heterocycles.